The van der Waals surface area contributed by atoms with Crippen LogP contribution in [0.3, 0.4) is 0 Å². The van der Waals surface area contributed by atoms with Crippen LogP contribution in [-0.4, -0.2) is 19.9 Å². The van der Waals surface area contributed by atoms with Gasteiger partial charge in [0.15, 0.2) is 0 Å². The van der Waals surface area contributed by atoms with Gasteiger partial charge in [0.05, 0.1) is 0 Å². The van der Waals surface area contributed by atoms with Gasteiger partial charge in [-0.2, -0.15) is 0 Å². The lowest BCUT2D eigenvalue weighted by atomic mass is 10.0. The van der Waals surface area contributed by atoms with E-state index in [1.807, 2.05) is 98.1 Å². The van der Waals surface area contributed by atoms with E-state index in [1.165, 1.54) is 21.5 Å². The van der Waals surface area contributed by atoms with Crippen molar-refractivity contribution in [2.75, 3.05) is 9.80 Å². The number of aromatic nitrogens is 4. The smallest absolute Gasteiger partial charge is 0.0492 e. The summed E-state index contributed by atoms with van der Waals surface area (Å²) in [7, 11) is 0. The minimum atomic E-state index is 1.04. The standard InChI is InChI=1S/C42H30N6/c1(31-3-5-35-29-41(9-7-33(35)27-31)47(37-11-19-43-20-12-37)38-13-21-44-22-14-38)2-32-4-6-36-30-42(10-8-34(36)28-32)48(39-15-23-45-24-16-39)40-17-25-46-26-18-40/h1-30H. The highest BCUT2D eigenvalue weighted by Crippen LogP contribution is 2.37. The van der Waals surface area contributed by atoms with Crippen LogP contribution in [0.15, 0.2) is 171 Å². The van der Waals surface area contributed by atoms with Crippen molar-refractivity contribution >= 4 is 67.8 Å². The van der Waals surface area contributed by atoms with E-state index in [4.69, 9.17) is 0 Å². The molecule has 0 amide bonds. The van der Waals surface area contributed by atoms with Gasteiger partial charge in [0.1, 0.15) is 0 Å². The van der Waals surface area contributed by atoms with E-state index in [0.717, 1.165) is 45.3 Å². The van der Waals surface area contributed by atoms with Crippen LogP contribution in [0, 0.1) is 0 Å². The number of anilines is 6. The van der Waals surface area contributed by atoms with Gasteiger partial charge in [0.25, 0.3) is 0 Å². The molecular weight excluding hydrogens is 589 g/mol. The Balaban J connectivity index is 1.06. The molecule has 0 aliphatic carbocycles. The van der Waals surface area contributed by atoms with Gasteiger partial charge in [-0.15, -0.1) is 0 Å². The monoisotopic (exact) mass is 618 g/mol. The van der Waals surface area contributed by atoms with Gasteiger partial charge in [0, 0.05) is 83.7 Å². The van der Waals surface area contributed by atoms with Crippen molar-refractivity contribution in [2.45, 2.75) is 0 Å². The topological polar surface area (TPSA) is 58.0 Å². The van der Waals surface area contributed by atoms with Gasteiger partial charge in [-0.3, -0.25) is 19.9 Å². The van der Waals surface area contributed by atoms with E-state index >= 15 is 0 Å². The molecule has 0 saturated heterocycles. The second-order valence-electron chi connectivity index (χ2n) is 11.4. The van der Waals surface area contributed by atoms with E-state index in [2.05, 4.69) is 115 Å². The Kier molecular flexibility index (Phi) is 7.79. The SMILES string of the molecule is C(=Cc1ccc2cc(N(c3ccncc3)c3ccncc3)ccc2c1)c1ccc2cc(N(c3ccncc3)c3ccncc3)ccc2c1. The Morgan fingerprint density at radius 1 is 0.292 bits per heavy atom. The molecule has 8 rings (SSSR count). The summed E-state index contributed by atoms with van der Waals surface area (Å²) in [6, 6.07) is 42.5. The molecule has 0 bridgehead atoms. The lowest BCUT2D eigenvalue weighted by Crippen LogP contribution is -2.09. The molecule has 0 saturated carbocycles. The Morgan fingerprint density at radius 2 is 0.583 bits per heavy atom. The van der Waals surface area contributed by atoms with Gasteiger partial charge in [-0.05, 0) is 118 Å². The molecule has 0 fully saturated rings. The average molecular weight is 619 g/mol. The molecule has 48 heavy (non-hydrogen) atoms. The Labute approximate surface area is 279 Å². The number of pyridine rings is 4. The van der Waals surface area contributed by atoms with Crippen LogP contribution in [-0.2, 0) is 0 Å². The molecule has 6 nitrogen and oxygen atoms in total. The minimum Gasteiger partial charge on any atom is -0.310 e. The highest BCUT2D eigenvalue weighted by molar-refractivity contribution is 5.93. The van der Waals surface area contributed by atoms with Gasteiger partial charge in [-0.25, -0.2) is 0 Å². The van der Waals surface area contributed by atoms with Crippen molar-refractivity contribution in [1.29, 1.82) is 0 Å². The van der Waals surface area contributed by atoms with E-state index in [9.17, 15) is 0 Å². The number of benzene rings is 4. The summed E-state index contributed by atoms with van der Waals surface area (Å²) in [6.07, 6.45) is 18.9. The van der Waals surface area contributed by atoms with Crippen molar-refractivity contribution < 1.29 is 0 Å². The van der Waals surface area contributed by atoms with E-state index < -0.39 is 0 Å². The zero-order valence-corrected chi connectivity index (χ0v) is 26.0. The fourth-order valence-corrected chi connectivity index (χ4v) is 6.05. The summed E-state index contributed by atoms with van der Waals surface area (Å²) >= 11 is 0. The maximum atomic E-state index is 4.21. The lowest BCUT2D eigenvalue weighted by molar-refractivity contribution is 1.22. The largest absolute Gasteiger partial charge is 0.310 e. The molecule has 0 aliphatic heterocycles. The first-order chi connectivity index (χ1) is 23.8. The minimum absolute atomic E-state index is 1.04. The number of hydrogen-bond acceptors (Lipinski definition) is 6. The summed E-state index contributed by atoms with van der Waals surface area (Å²) in [5, 5.41) is 4.72. The first kappa shape index (κ1) is 28.8. The third-order valence-corrected chi connectivity index (χ3v) is 8.36. The number of rotatable bonds is 8. The van der Waals surface area contributed by atoms with E-state index in [1.54, 1.807) is 0 Å². The second kappa shape index (κ2) is 13.0. The zero-order chi connectivity index (χ0) is 32.1. The van der Waals surface area contributed by atoms with Crippen molar-refractivity contribution in [3.05, 3.63) is 182 Å². The molecule has 4 heterocycles. The third kappa shape index (κ3) is 5.98. The molecular formula is C42H30N6. The maximum Gasteiger partial charge on any atom is 0.0492 e. The predicted octanol–water partition coefficient (Wildman–Crippen LogP) is 10.7. The molecule has 4 aromatic carbocycles. The molecule has 0 spiro atoms. The van der Waals surface area contributed by atoms with Crippen LogP contribution >= 0.6 is 0 Å². The van der Waals surface area contributed by atoms with Crippen LogP contribution < -0.4 is 9.80 Å². The maximum absolute atomic E-state index is 4.21. The van der Waals surface area contributed by atoms with Crippen LogP contribution in [0.1, 0.15) is 11.1 Å². The Morgan fingerprint density at radius 3 is 0.917 bits per heavy atom. The molecule has 0 aliphatic rings. The van der Waals surface area contributed by atoms with Gasteiger partial charge in [-0.1, -0.05) is 48.6 Å². The first-order valence-corrected chi connectivity index (χ1v) is 15.7. The van der Waals surface area contributed by atoms with Crippen LogP contribution in [0.4, 0.5) is 34.1 Å². The lowest BCUT2D eigenvalue weighted by Gasteiger charge is -2.25. The zero-order valence-electron chi connectivity index (χ0n) is 26.0. The van der Waals surface area contributed by atoms with Gasteiger partial charge < -0.3 is 9.80 Å². The van der Waals surface area contributed by atoms with Crippen molar-refractivity contribution in [2.24, 2.45) is 0 Å². The highest BCUT2D eigenvalue weighted by atomic mass is 15.1. The molecule has 0 N–H and O–H groups in total. The van der Waals surface area contributed by atoms with Crippen LogP contribution in [0.5, 0.6) is 0 Å². The van der Waals surface area contributed by atoms with Crippen molar-refractivity contribution in [3.8, 4) is 0 Å². The van der Waals surface area contributed by atoms with E-state index in [0.29, 0.717) is 0 Å². The molecule has 0 atom stereocenters. The normalized spacial score (nSPS) is 11.2. The molecule has 8 aromatic rings. The third-order valence-electron chi connectivity index (χ3n) is 8.36. The molecule has 4 aromatic heterocycles. The van der Waals surface area contributed by atoms with Crippen molar-refractivity contribution in [1.82, 2.24) is 19.9 Å². The fourth-order valence-electron chi connectivity index (χ4n) is 6.05. The summed E-state index contributed by atoms with van der Waals surface area (Å²) in [6.45, 7) is 0. The van der Waals surface area contributed by atoms with Gasteiger partial charge in [0.2, 0.25) is 0 Å². The molecule has 6 heteroatoms. The van der Waals surface area contributed by atoms with Crippen LogP contribution in [0.25, 0.3) is 33.7 Å². The molecule has 0 unspecified atom stereocenters. The summed E-state index contributed by atoms with van der Waals surface area (Å²) in [4.78, 5) is 21.3. The van der Waals surface area contributed by atoms with Crippen LogP contribution in [0.2, 0.25) is 0 Å². The highest BCUT2D eigenvalue weighted by Gasteiger charge is 2.14. The van der Waals surface area contributed by atoms with E-state index in [-0.39, 0.29) is 0 Å². The second-order valence-corrected chi connectivity index (χ2v) is 11.4. The molecule has 228 valence electrons. The Hall–Kier alpha value is -6.66. The summed E-state index contributed by atoms with van der Waals surface area (Å²) < 4.78 is 0. The number of fused-ring (bicyclic) bond motifs is 2. The predicted molar refractivity (Wildman–Crippen MR) is 197 cm³/mol. The molecule has 0 radical (unpaired) electrons. The Bertz CT molecular complexity index is 2100. The summed E-state index contributed by atoms with van der Waals surface area (Å²) in [5.74, 6) is 0. The van der Waals surface area contributed by atoms with Crippen molar-refractivity contribution in [3.63, 3.8) is 0 Å². The first-order valence-electron chi connectivity index (χ1n) is 15.7. The fraction of sp³-hybridized carbons (Fsp3) is 0. The quantitative estimate of drug-likeness (QED) is 0.158. The average Bonchev–Trinajstić information content (AvgIpc) is 3.16. The number of nitrogens with zero attached hydrogens (tertiary/aromatic N) is 6. The van der Waals surface area contributed by atoms with Gasteiger partial charge >= 0.3 is 0 Å². The number of hydrogen-bond donors (Lipinski definition) is 0. The summed E-state index contributed by atoms with van der Waals surface area (Å²) in [5.41, 5.74) is 8.62.